The molecule has 0 radical (unpaired) electrons. The Hall–Kier alpha value is -1.28. The fourth-order valence-corrected chi connectivity index (χ4v) is 2.88. The monoisotopic (exact) mass is 243 g/mol. The van der Waals surface area contributed by atoms with Gasteiger partial charge >= 0.3 is 0 Å². The van der Waals surface area contributed by atoms with Crippen molar-refractivity contribution in [3.8, 4) is 0 Å². The van der Waals surface area contributed by atoms with Gasteiger partial charge in [0.15, 0.2) is 0 Å². The summed E-state index contributed by atoms with van der Waals surface area (Å²) >= 11 is 0. The van der Waals surface area contributed by atoms with Gasteiger partial charge < -0.3 is 4.74 Å². The molecule has 2 nitrogen and oxygen atoms in total. The molecule has 0 aliphatic carbocycles. The first-order valence-corrected chi connectivity index (χ1v) is 7.02. The molecule has 0 amide bonds. The van der Waals surface area contributed by atoms with Crippen LogP contribution in [0.3, 0.4) is 0 Å². The molecule has 2 heteroatoms. The van der Waals surface area contributed by atoms with E-state index in [-0.39, 0.29) is 0 Å². The standard InChI is InChI=1S/C16H21NO/c1-2-6-14(7-3-1)12-17-10-9-16-15(13-17)8-4-5-11-18-16/h1-3,6-7H,4-5,8-13H2. The van der Waals surface area contributed by atoms with Gasteiger partial charge in [-0.3, -0.25) is 4.90 Å². The molecule has 0 atom stereocenters. The summed E-state index contributed by atoms with van der Waals surface area (Å²) in [5.74, 6) is 1.30. The Morgan fingerprint density at radius 2 is 1.94 bits per heavy atom. The second kappa shape index (κ2) is 5.57. The van der Waals surface area contributed by atoms with E-state index in [1.165, 1.54) is 30.6 Å². The minimum Gasteiger partial charge on any atom is -0.498 e. The van der Waals surface area contributed by atoms with Crippen LogP contribution >= 0.6 is 0 Å². The SMILES string of the molecule is c1ccc(CN2CCC3=C(CCCCO3)C2)cc1. The van der Waals surface area contributed by atoms with Crippen LogP contribution in [-0.2, 0) is 11.3 Å². The molecule has 2 aliphatic heterocycles. The van der Waals surface area contributed by atoms with E-state index in [1.54, 1.807) is 5.57 Å². The maximum Gasteiger partial charge on any atom is 0.0977 e. The summed E-state index contributed by atoms with van der Waals surface area (Å²) in [5, 5.41) is 0. The first-order chi connectivity index (χ1) is 8.92. The Morgan fingerprint density at radius 1 is 1.06 bits per heavy atom. The van der Waals surface area contributed by atoms with Crippen molar-refractivity contribution in [1.82, 2.24) is 4.90 Å². The van der Waals surface area contributed by atoms with Crippen LogP contribution < -0.4 is 0 Å². The largest absolute Gasteiger partial charge is 0.498 e. The fraction of sp³-hybridized carbons (Fsp3) is 0.500. The van der Waals surface area contributed by atoms with Gasteiger partial charge in [0.1, 0.15) is 0 Å². The molecule has 0 spiro atoms. The van der Waals surface area contributed by atoms with Gasteiger partial charge in [0.25, 0.3) is 0 Å². The molecule has 0 unspecified atom stereocenters. The maximum atomic E-state index is 5.86. The van der Waals surface area contributed by atoms with Crippen molar-refractivity contribution >= 4 is 0 Å². The van der Waals surface area contributed by atoms with Crippen LogP contribution in [0.4, 0.5) is 0 Å². The molecule has 1 aromatic carbocycles. The van der Waals surface area contributed by atoms with Gasteiger partial charge in [0.2, 0.25) is 0 Å². The average Bonchev–Trinajstić information content (AvgIpc) is 2.64. The predicted octanol–water partition coefficient (Wildman–Crippen LogP) is 3.35. The quantitative estimate of drug-likeness (QED) is 0.790. The maximum absolute atomic E-state index is 5.86. The van der Waals surface area contributed by atoms with Crippen LogP contribution in [0.1, 0.15) is 31.2 Å². The van der Waals surface area contributed by atoms with Gasteiger partial charge in [-0.25, -0.2) is 0 Å². The zero-order valence-corrected chi connectivity index (χ0v) is 10.9. The molecule has 96 valence electrons. The summed E-state index contributed by atoms with van der Waals surface area (Å²) < 4.78 is 5.86. The average molecular weight is 243 g/mol. The van der Waals surface area contributed by atoms with Gasteiger partial charge in [-0.1, -0.05) is 30.3 Å². The lowest BCUT2D eigenvalue weighted by molar-refractivity contribution is 0.170. The normalized spacial score (nSPS) is 21.1. The third-order valence-electron chi connectivity index (χ3n) is 3.86. The molecule has 0 saturated heterocycles. The number of rotatable bonds is 2. The molecule has 18 heavy (non-hydrogen) atoms. The van der Waals surface area contributed by atoms with Crippen molar-refractivity contribution in [2.24, 2.45) is 0 Å². The van der Waals surface area contributed by atoms with E-state index in [1.807, 2.05) is 0 Å². The van der Waals surface area contributed by atoms with Crippen LogP contribution in [0.2, 0.25) is 0 Å². The number of hydrogen-bond acceptors (Lipinski definition) is 2. The molecular formula is C16H21NO. The zero-order chi connectivity index (χ0) is 12.2. The number of ether oxygens (including phenoxy) is 1. The lowest BCUT2D eigenvalue weighted by Crippen LogP contribution is -2.31. The summed E-state index contributed by atoms with van der Waals surface area (Å²) in [6, 6.07) is 10.8. The minimum absolute atomic E-state index is 0.928. The lowest BCUT2D eigenvalue weighted by atomic mass is 10.0. The Balaban J connectivity index is 1.65. The van der Waals surface area contributed by atoms with Gasteiger partial charge in [-0.15, -0.1) is 0 Å². The summed E-state index contributed by atoms with van der Waals surface area (Å²) in [5.41, 5.74) is 2.96. The highest BCUT2D eigenvalue weighted by atomic mass is 16.5. The van der Waals surface area contributed by atoms with Crippen LogP contribution in [0.25, 0.3) is 0 Å². The van der Waals surface area contributed by atoms with Crippen molar-refractivity contribution in [1.29, 1.82) is 0 Å². The Labute approximate surface area is 109 Å². The summed E-state index contributed by atoms with van der Waals surface area (Å²) in [4.78, 5) is 2.54. The van der Waals surface area contributed by atoms with Gasteiger partial charge in [0, 0.05) is 26.1 Å². The smallest absolute Gasteiger partial charge is 0.0977 e. The third-order valence-corrected chi connectivity index (χ3v) is 3.86. The van der Waals surface area contributed by atoms with E-state index < -0.39 is 0 Å². The molecule has 0 aromatic heterocycles. The number of hydrogen-bond donors (Lipinski definition) is 0. The van der Waals surface area contributed by atoms with E-state index >= 15 is 0 Å². The molecule has 0 N–H and O–H groups in total. The molecule has 0 saturated carbocycles. The topological polar surface area (TPSA) is 12.5 Å². The van der Waals surface area contributed by atoms with Gasteiger partial charge in [-0.2, -0.15) is 0 Å². The van der Waals surface area contributed by atoms with Crippen LogP contribution in [0, 0.1) is 0 Å². The Bertz CT molecular complexity index is 424. The van der Waals surface area contributed by atoms with E-state index in [2.05, 4.69) is 35.2 Å². The summed E-state index contributed by atoms with van der Waals surface area (Å²) in [7, 11) is 0. The van der Waals surface area contributed by atoms with E-state index in [0.717, 1.165) is 32.7 Å². The first-order valence-electron chi connectivity index (χ1n) is 7.02. The second-order valence-corrected chi connectivity index (χ2v) is 5.28. The molecule has 0 fully saturated rings. The Morgan fingerprint density at radius 3 is 2.83 bits per heavy atom. The van der Waals surface area contributed by atoms with E-state index in [4.69, 9.17) is 4.74 Å². The van der Waals surface area contributed by atoms with Crippen LogP contribution in [0.5, 0.6) is 0 Å². The first kappa shape index (κ1) is 11.8. The highest BCUT2D eigenvalue weighted by Gasteiger charge is 2.21. The van der Waals surface area contributed by atoms with E-state index in [0.29, 0.717) is 0 Å². The van der Waals surface area contributed by atoms with Crippen LogP contribution in [-0.4, -0.2) is 24.6 Å². The minimum atomic E-state index is 0.928. The molecule has 3 rings (SSSR count). The predicted molar refractivity (Wildman–Crippen MR) is 73.2 cm³/mol. The van der Waals surface area contributed by atoms with Crippen molar-refractivity contribution < 1.29 is 4.74 Å². The third kappa shape index (κ3) is 2.75. The molecule has 2 aliphatic rings. The lowest BCUT2D eigenvalue weighted by Gasteiger charge is -2.29. The summed E-state index contributed by atoms with van der Waals surface area (Å²) in [6.45, 7) is 4.23. The second-order valence-electron chi connectivity index (χ2n) is 5.28. The molecular weight excluding hydrogens is 222 g/mol. The van der Waals surface area contributed by atoms with Gasteiger partial charge in [0.05, 0.1) is 12.4 Å². The van der Waals surface area contributed by atoms with Crippen molar-refractivity contribution in [3.05, 3.63) is 47.2 Å². The Kier molecular flexibility index (Phi) is 3.65. The fourth-order valence-electron chi connectivity index (χ4n) is 2.88. The van der Waals surface area contributed by atoms with Crippen molar-refractivity contribution in [2.45, 2.75) is 32.2 Å². The molecule has 0 bridgehead atoms. The summed E-state index contributed by atoms with van der Waals surface area (Å²) in [6.07, 6.45) is 4.84. The van der Waals surface area contributed by atoms with Crippen LogP contribution in [0.15, 0.2) is 41.7 Å². The highest BCUT2D eigenvalue weighted by Crippen LogP contribution is 2.27. The van der Waals surface area contributed by atoms with E-state index in [9.17, 15) is 0 Å². The molecule has 1 aromatic rings. The zero-order valence-electron chi connectivity index (χ0n) is 10.9. The highest BCUT2D eigenvalue weighted by molar-refractivity contribution is 5.18. The number of nitrogens with zero attached hydrogens (tertiary/aromatic N) is 1. The van der Waals surface area contributed by atoms with Crippen molar-refractivity contribution in [3.63, 3.8) is 0 Å². The number of benzene rings is 1. The molecule has 2 heterocycles. The van der Waals surface area contributed by atoms with Gasteiger partial charge in [-0.05, 0) is 30.4 Å². The van der Waals surface area contributed by atoms with Crippen molar-refractivity contribution in [2.75, 3.05) is 19.7 Å².